The maximum absolute atomic E-state index is 14.3. The Balaban J connectivity index is 1.88. The molecule has 0 bridgehead atoms. The van der Waals surface area contributed by atoms with Crippen LogP contribution in [0.15, 0.2) is 54.6 Å². The van der Waals surface area contributed by atoms with Gasteiger partial charge >= 0.3 is 0 Å². The van der Waals surface area contributed by atoms with Crippen LogP contribution in [0.25, 0.3) is 0 Å². The molecule has 2 aromatic carbocycles. The second kappa shape index (κ2) is 8.51. The summed E-state index contributed by atoms with van der Waals surface area (Å²) in [6.07, 6.45) is 2.45. The molecule has 1 saturated heterocycles. The normalized spacial score (nSPS) is 18.8. The van der Waals surface area contributed by atoms with E-state index in [0.717, 1.165) is 43.3 Å². The van der Waals surface area contributed by atoms with E-state index in [0.29, 0.717) is 5.02 Å². The highest BCUT2D eigenvalue weighted by atomic mass is 35.5. The topological polar surface area (TPSA) is 23.6 Å². The summed E-state index contributed by atoms with van der Waals surface area (Å²) in [7, 11) is -2.82. The molecule has 0 aliphatic carbocycles. The van der Waals surface area contributed by atoms with E-state index in [1.165, 1.54) is 12.8 Å². The maximum atomic E-state index is 14.3. The highest BCUT2D eigenvalue weighted by molar-refractivity contribution is 7.76. The highest BCUT2D eigenvalue weighted by Gasteiger charge is 2.36. The number of hydrogen-bond donors (Lipinski definition) is 0. The first-order valence-electron chi connectivity index (χ1n) is 9.04. The zero-order chi connectivity index (χ0) is 17.7. The Labute approximate surface area is 156 Å². The van der Waals surface area contributed by atoms with Crippen LogP contribution in [0.3, 0.4) is 0 Å². The fraction of sp³-hybridized carbons (Fsp3) is 0.400. The number of unbranched alkanes of at least 4 members (excludes halogenated alkanes) is 1. The predicted molar refractivity (Wildman–Crippen MR) is 108 cm³/mol. The van der Waals surface area contributed by atoms with E-state index in [1.54, 1.807) is 0 Å². The fourth-order valence-corrected chi connectivity index (χ4v) is 6.32. The zero-order valence-electron chi connectivity index (χ0n) is 14.8. The van der Waals surface area contributed by atoms with Crippen LogP contribution < -0.4 is 10.6 Å². The van der Waals surface area contributed by atoms with Gasteiger partial charge in [-0.05, 0) is 49.4 Å². The van der Waals surface area contributed by atoms with Crippen LogP contribution in [0, 0.1) is 0 Å². The Hall–Kier alpha value is -1.12. The third kappa shape index (κ3) is 4.17. The van der Waals surface area contributed by atoms with Crippen LogP contribution in [0.2, 0.25) is 5.02 Å². The summed E-state index contributed by atoms with van der Waals surface area (Å²) in [5, 5.41) is 2.44. The van der Waals surface area contributed by atoms with Gasteiger partial charge in [-0.3, -0.25) is 4.57 Å². The smallest absolute Gasteiger partial charge is 0.207 e. The molecule has 2 aromatic rings. The standard InChI is InChI=1S/C20H26ClN2OP/c1-2-3-13-22-14-16-23(17-15-22)25(24,19-7-5-4-6-8-19)20-11-9-18(21)10-12-20/h4-12H,2-3,13-17H2,1H3. The molecule has 3 rings (SSSR count). The van der Waals surface area contributed by atoms with Gasteiger partial charge in [-0.25, -0.2) is 4.67 Å². The summed E-state index contributed by atoms with van der Waals surface area (Å²) in [5.74, 6) is 0. The van der Waals surface area contributed by atoms with Crippen LogP contribution in [-0.4, -0.2) is 42.3 Å². The molecule has 0 N–H and O–H groups in total. The Morgan fingerprint density at radius 2 is 1.52 bits per heavy atom. The molecule has 1 aliphatic heterocycles. The van der Waals surface area contributed by atoms with Crippen molar-refractivity contribution in [1.82, 2.24) is 9.57 Å². The van der Waals surface area contributed by atoms with Gasteiger partial charge in [-0.15, -0.1) is 0 Å². The largest absolute Gasteiger partial charge is 0.301 e. The number of benzene rings is 2. The molecule has 1 heterocycles. The first-order valence-corrected chi connectivity index (χ1v) is 11.1. The summed E-state index contributed by atoms with van der Waals surface area (Å²) in [5.41, 5.74) is 0. The van der Waals surface area contributed by atoms with E-state index in [-0.39, 0.29) is 0 Å². The average molecular weight is 377 g/mol. The van der Waals surface area contributed by atoms with E-state index in [2.05, 4.69) is 16.5 Å². The lowest BCUT2D eigenvalue weighted by atomic mass is 10.3. The van der Waals surface area contributed by atoms with Gasteiger partial charge in [0.05, 0.1) is 0 Å². The molecule has 5 heteroatoms. The molecule has 0 saturated carbocycles. The van der Waals surface area contributed by atoms with Gasteiger partial charge in [0.1, 0.15) is 0 Å². The minimum Gasteiger partial charge on any atom is -0.301 e. The molecule has 3 nitrogen and oxygen atoms in total. The van der Waals surface area contributed by atoms with E-state index < -0.39 is 7.29 Å². The van der Waals surface area contributed by atoms with Crippen molar-refractivity contribution in [3.8, 4) is 0 Å². The van der Waals surface area contributed by atoms with Crippen LogP contribution in [0.4, 0.5) is 0 Å². The maximum Gasteiger partial charge on any atom is 0.207 e. The van der Waals surface area contributed by atoms with Crippen molar-refractivity contribution >= 4 is 29.5 Å². The summed E-state index contributed by atoms with van der Waals surface area (Å²) in [6, 6.07) is 17.4. The van der Waals surface area contributed by atoms with Gasteiger partial charge in [0, 0.05) is 41.8 Å². The van der Waals surface area contributed by atoms with Crippen molar-refractivity contribution in [2.45, 2.75) is 19.8 Å². The number of halogens is 1. The lowest BCUT2D eigenvalue weighted by molar-refractivity contribution is 0.187. The van der Waals surface area contributed by atoms with Crippen LogP contribution in [-0.2, 0) is 4.57 Å². The van der Waals surface area contributed by atoms with Crippen molar-refractivity contribution in [1.29, 1.82) is 0 Å². The summed E-state index contributed by atoms with van der Waals surface area (Å²) in [4.78, 5) is 2.48. The highest BCUT2D eigenvalue weighted by Crippen LogP contribution is 2.47. The van der Waals surface area contributed by atoms with Gasteiger partial charge in [-0.1, -0.05) is 43.1 Å². The lowest BCUT2D eigenvalue weighted by Gasteiger charge is -2.39. The van der Waals surface area contributed by atoms with Crippen molar-refractivity contribution in [3.05, 3.63) is 59.6 Å². The summed E-state index contributed by atoms with van der Waals surface area (Å²) >= 11 is 6.05. The minimum atomic E-state index is -2.82. The van der Waals surface area contributed by atoms with Gasteiger partial charge in [-0.2, -0.15) is 0 Å². The third-order valence-corrected chi connectivity index (χ3v) is 8.30. The molecular weight excluding hydrogens is 351 g/mol. The van der Waals surface area contributed by atoms with E-state index in [1.807, 2.05) is 54.6 Å². The van der Waals surface area contributed by atoms with Gasteiger partial charge in [0.15, 0.2) is 0 Å². The van der Waals surface area contributed by atoms with Gasteiger partial charge in [0.2, 0.25) is 7.29 Å². The minimum absolute atomic E-state index is 0.674. The molecule has 0 amide bonds. The molecule has 1 fully saturated rings. The molecule has 0 aromatic heterocycles. The fourth-order valence-electron chi connectivity index (χ4n) is 3.37. The van der Waals surface area contributed by atoms with Gasteiger partial charge in [0.25, 0.3) is 0 Å². The number of hydrogen-bond acceptors (Lipinski definition) is 2. The van der Waals surface area contributed by atoms with E-state index in [9.17, 15) is 4.57 Å². The Bertz CT molecular complexity index is 712. The van der Waals surface area contributed by atoms with Crippen molar-refractivity contribution in [2.75, 3.05) is 32.7 Å². The second-order valence-corrected chi connectivity index (χ2v) is 9.72. The van der Waals surface area contributed by atoms with Crippen LogP contribution >= 0.6 is 18.9 Å². The quantitative estimate of drug-likeness (QED) is 0.712. The van der Waals surface area contributed by atoms with E-state index >= 15 is 0 Å². The Morgan fingerprint density at radius 1 is 0.920 bits per heavy atom. The SMILES string of the molecule is CCCCN1CCN(P(=O)(c2ccccc2)c2ccc(Cl)cc2)CC1. The molecule has 1 atom stereocenters. The van der Waals surface area contributed by atoms with Crippen molar-refractivity contribution in [3.63, 3.8) is 0 Å². The zero-order valence-corrected chi connectivity index (χ0v) is 16.4. The summed E-state index contributed by atoms with van der Waals surface area (Å²) < 4.78 is 16.5. The molecule has 0 radical (unpaired) electrons. The monoisotopic (exact) mass is 376 g/mol. The molecule has 1 unspecified atom stereocenters. The van der Waals surface area contributed by atoms with Crippen LogP contribution in [0.5, 0.6) is 0 Å². The van der Waals surface area contributed by atoms with Crippen LogP contribution in [0.1, 0.15) is 19.8 Å². The van der Waals surface area contributed by atoms with Crippen molar-refractivity contribution in [2.24, 2.45) is 0 Å². The molecule has 25 heavy (non-hydrogen) atoms. The Morgan fingerprint density at radius 3 is 2.12 bits per heavy atom. The second-order valence-electron chi connectivity index (χ2n) is 6.54. The molecule has 1 aliphatic rings. The summed E-state index contributed by atoms with van der Waals surface area (Å²) in [6.45, 7) is 6.98. The molecular formula is C20H26ClN2OP. The predicted octanol–water partition coefficient (Wildman–Crippen LogP) is 3.99. The average Bonchev–Trinajstić information content (AvgIpc) is 2.67. The van der Waals surface area contributed by atoms with E-state index in [4.69, 9.17) is 11.6 Å². The Kier molecular flexibility index (Phi) is 6.35. The first-order chi connectivity index (χ1) is 12.1. The third-order valence-electron chi connectivity index (χ3n) is 4.86. The molecule has 134 valence electrons. The van der Waals surface area contributed by atoms with Gasteiger partial charge < -0.3 is 4.90 Å². The number of nitrogens with zero attached hydrogens (tertiary/aromatic N) is 2. The molecule has 0 spiro atoms. The van der Waals surface area contributed by atoms with Crippen molar-refractivity contribution < 1.29 is 4.57 Å². The lowest BCUT2D eigenvalue weighted by Crippen LogP contribution is -2.47. The first kappa shape index (κ1) is 18.7. The number of piperazine rings is 1. The number of rotatable bonds is 6.